The van der Waals surface area contributed by atoms with Gasteiger partial charge in [-0.15, -0.1) is 11.3 Å². The van der Waals surface area contributed by atoms with Gasteiger partial charge in [-0.3, -0.25) is 0 Å². The molecule has 2 heterocycles. The SMILES string of the molecule is c1ccc(-n2c3ccccc3c3ccc(-c4ccc(N(c5cccc(C6(c7ccccc7)c7ccccc7-c7ccccc76)c5)c5ccc6sc7ccccc7c6c5)cc4)cc32)cc1. The number of para-hydroxylation sites is 2. The molecule has 64 heavy (non-hydrogen) atoms. The van der Waals surface area contributed by atoms with Crippen LogP contribution in [0.1, 0.15) is 22.3 Å². The number of hydrogen-bond acceptors (Lipinski definition) is 2. The Labute approximate surface area is 376 Å². The lowest BCUT2D eigenvalue weighted by molar-refractivity contribution is 0.768. The molecule has 3 heteroatoms. The second kappa shape index (κ2) is 14.6. The quantitative estimate of drug-likeness (QED) is 0.155. The highest BCUT2D eigenvalue weighted by atomic mass is 32.1. The van der Waals surface area contributed by atoms with Gasteiger partial charge in [-0.25, -0.2) is 0 Å². The number of benzene rings is 10. The fraction of sp³-hybridized carbons (Fsp3) is 0.0164. The van der Waals surface area contributed by atoms with Crippen molar-refractivity contribution in [3.8, 4) is 27.9 Å². The summed E-state index contributed by atoms with van der Waals surface area (Å²) in [7, 11) is 0. The van der Waals surface area contributed by atoms with Gasteiger partial charge in [0, 0.05) is 53.7 Å². The van der Waals surface area contributed by atoms with Gasteiger partial charge in [-0.2, -0.15) is 0 Å². The summed E-state index contributed by atoms with van der Waals surface area (Å²) in [5.41, 5.74) is 16.4. The van der Waals surface area contributed by atoms with Crippen molar-refractivity contribution in [1.29, 1.82) is 0 Å². The molecule has 10 aromatic carbocycles. The van der Waals surface area contributed by atoms with Crippen molar-refractivity contribution >= 4 is 70.4 Å². The van der Waals surface area contributed by atoms with E-state index in [2.05, 4.69) is 252 Å². The molecule has 0 atom stereocenters. The first-order valence-electron chi connectivity index (χ1n) is 22.0. The van der Waals surface area contributed by atoms with Crippen molar-refractivity contribution in [2.45, 2.75) is 5.41 Å². The molecule has 12 aromatic rings. The van der Waals surface area contributed by atoms with Gasteiger partial charge in [0.15, 0.2) is 0 Å². The monoisotopic (exact) mass is 832 g/mol. The molecule has 300 valence electrons. The van der Waals surface area contributed by atoms with Gasteiger partial charge in [0.25, 0.3) is 0 Å². The molecule has 0 N–H and O–H groups in total. The van der Waals surface area contributed by atoms with Crippen LogP contribution in [0.4, 0.5) is 17.1 Å². The minimum absolute atomic E-state index is 0.506. The van der Waals surface area contributed by atoms with Gasteiger partial charge in [0.1, 0.15) is 0 Å². The third-order valence-corrected chi connectivity index (χ3v) is 14.6. The van der Waals surface area contributed by atoms with Crippen LogP contribution in [0.5, 0.6) is 0 Å². The number of rotatable bonds is 7. The minimum atomic E-state index is -0.506. The van der Waals surface area contributed by atoms with Crippen molar-refractivity contribution in [2.75, 3.05) is 4.90 Å². The summed E-state index contributed by atoms with van der Waals surface area (Å²) < 4.78 is 4.99. The number of aromatic nitrogens is 1. The number of anilines is 3. The molecular weight excluding hydrogens is 793 g/mol. The fourth-order valence-corrected chi connectivity index (χ4v) is 11.8. The van der Waals surface area contributed by atoms with Crippen molar-refractivity contribution in [3.63, 3.8) is 0 Å². The summed E-state index contributed by atoms with van der Waals surface area (Å²) in [4.78, 5) is 2.45. The molecule has 0 saturated carbocycles. The highest BCUT2D eigenvalue weighted by molar-refractivity contribution is 7.25. The Hall–Kier alpha value is -7.98. The van der Waals surface area contributed by atoms with Crippen molar-refractivity contribution in [2.24, 2.45) is 0 Å². The topological polar surface area (TPSA) is 8.17 Å². The van der Waals surface area contributed by atoms with Gasteiger partial charge >= 0.3 is 0 Å². The predicted octanol–water partition coefficient (Wildman–Crippen LogP) is 16.7. The Balaban J connectivity index is 0.993. The lowest BCUT2D eigenvalue weighted by atomic mass is 9.67. The first kappa shape index (κ1) is 36.7. The molecule has 1 aliphatic carbocycles. The molecule has 0 aliphatic heterocycles. The zero-order valence-corrected chi connectivity index (χ0v) is 35.7. The van der Waals surface area contributed by atoms with Crippen LogP contribution in [-0.2, 0) is 5.41 Å². The van der Waals surface area contributed by atoms with Crippen LogP contribution in [0, 0.1) is 0 Å². The maximum absolute atomic E-state index is 2.45. The molecule has 0 spiro atoms. The molecule has 0 unspecified atom stereocenters. The lowest BCUT2D eigenvalue weighted by Crippen LogP contribution is -2.28. The third-order valence-electron chi connectivity index (χ3n) is 13.5. The first-order valence-corrected chi connectivity index (χ1v) is 22.8. The highest BCUT2D eigenvalue weighted by Gasteiger charge is 2.46. The van der Waals surface area contributed by atoms with Gasteiger partial charge in [-0.05, 0) is 117 Å². The van der Waals surface area contributed by atoms with Crippen LogP contribution in [0.2, 0.25) is 0 Å². The van der Waals surface area contributed by atoms with E-state index in [1.54, 1.807) is 0 Å². The smallest absolute Gasteiger partial charge is 0.0714 e. The molecule has 2 nitrogen and oxygen atoms in total. The third kappa shape index (κ3) is 5.51. The van der Waals surface area contributed by atoms with Crippen molar-refractivity contribution in [3.05, 3.63) is 265 Å². The molecule has 1 aliphatic rings. The van der Waals surface area contributed by atoms with Gasteiger partial charge in [0.05, 0.1) is 16.4 Å². The van der Waals surface area contributed by atoms with Crippen molar-refractivity contribution in [1.82, 2.24) is 4.57 Å². The summed E-state index contributed by atoms with van der Waals surface area (Å²) in [5, 5.41) is 5.08. The van der Waals surface area contributed by atoms with E-state index < -0.39 is 5.41 Å². The molecule has 0 bridgehead atoms. The van der Waals surface area contributed by atoms with E-state index in [1.807, 2.05) is 11.3 Å². The Morgan fingerprint density at radius 2 is 0.922 bits per heavy atom. The second-order valence-corrected chi connectivity index (χ2v) is 17.9. The van der Waals surface area contributed by atoms with Crippen LogP contribution >= 0.6 is 11.3 Å². The van der Waals surface area contributed by atoms with Crippen LogP contribution in [-0.4, -0.2) is 4.57 Å². The van der Waals surface area contributed by atoms with E-state index in [0.29, 0.717) is 0 Å². The maximum Gasteiger partial charge on any atom is 0.0714 e. The normalized spacial score (nSPS) is 12.8. The standard InChI is InChI=1S/C61H40N2S/c1-3-16-43(17-4-1)61(55-26-11-7-22-49(55)50-23-8-12-27-56(50)61)44-18-15-21-47(39-44)62(48-35-37-60-54(40-48)53-25-10-14-29-59(53)64-60)46-33-30-41(31-34-46)42-32-36-52-51-24-9-13-28-57(51)63(58(52)38-42)45-19-5-2-6-20-45/h1-40H. The zero-order chi connectivity index (χ0) is 42.2. The van der Waals surface area contributed by atoms with Crippen LogP contribution in [0.15, 0.2) is 243 Å². The zero-order valence-electron chi connectivity index (χ0n) is 34.9. The Morgan fingerprint density at radius 3 is 1.70 bits per heavy atom. The van der Waals surface area contributed by atoms with E-state index >= 15 is 0 Å². The van der Waals surface area contributed by atoms with Gasteiger partial charge in [-0.1, -0.05) is 170 Å². The van der Waals surface area contributed by atoms with Crippen LogP contribution in [0.25, 0.3) is 69.9 Å². The Morgan fingerprint density at radius 1 is 0.344 bits per heavy atom. The molecule has 0 saturated heterocycles. The molecule has 2 aromatic heterocycles. The average molecular weight is 833 g/mol. The average Bonchev–Trinajstić information content (AvgIpc) is 4.01. The molecular formula is C61H40N2S. The summed E-state index contributed by atoms with van der Waals surface area (Å²) >= 11 is 1.86. The first-order chi connectivity index (χ1) is 31.7. The predicted molar refractivity (Wildman–Crippen MR) is 271 cm³/mol. The Kier molecular flexibility index (Phi) is 8.34. The molecule has 0 amide bonds. The molecule has 0 radical (unpaired) electrons. The molecule has 0 fully saturated rings. The van der Waals surface area contributed by atoms with E-state index in [0.717, 1.165) is 22.7 Å². The number of thiophene rings is 1. The minimum Gasteiger partial charge on any atom is -0.310 e. The highest BCUT2D eigenvalue weighted by Crippen LogP contribution is 2.56. The van der Waals surface area contributed by atoms with Gasteiger partial charge in [0.2, 0.25) is 0 Å². The van der Waals surface area contributed by atoms with E-state index in [9.17, 15) is 0 Å². The van der Waals surface area contributed by atoms with E-state index in [1.165, 1.54) is 86.5 Å². The second-order valence-electron chi connectivity index (χ2n) is 16.8. The van der Waals surface area contributed by atoms with Gasteiger partial charge < -0.3 is 9.47 Å². The summed E-state index contributed by atoms with van der Waals surface area (Å²) in [6.45, 7) is 0. The van der Waals surface area contributed by atoms with Crippen LogP contribution < -0.4 is 4.90 Å². The summed E-state index contributed by atoms with van der Waals surface area (Å²) in [6.07, 6.45) is 0. The van der Waals surface area contributed by atoms with Crippen LogP contribution in [0.3, 0.4) is 0 Å². The molecule has 13 rings (SSSR count). The number of nitrogens with zero attached hydrogens (tertiary/aromatic N) is 2. The maximum atomic E-state index is 2.45. The van der Waals surface area contributed by atoms with Crippen molar-refractivity contribution < 1.29 is 0 Å². The number of fused-ring (bicyclic) bond motifs is 9. The fourth-order valence-electron chi connectivity index (χ4n) is 10.7. The lowest BCUT2D eigenvalue weighted by Gasteiger charge is -2.35. The Bertz CT molecular complexity index is 3680. The van der Waals surface area contributed by atoms with E-state index in [-0.39, 0.29) is 0 Å². The summed E-state index contributed by atoms with van der Waals surface area (Å²) in [6, 6.07) is 89.6. The number of hydrogen-bond donors (Lipinski definition) is 0. The largest absolute Gasteiger partial charge is 0.310 e. The van der Waals surface area contributed by atoms with E-state index in [4.69, 9.17) is 0 Å². The summed E-state index contributed by atoms with van der Waals surface area (Å²) in [5.74, 6) is 0.